The van der Waals surface area contributed by atoms with E-state index in [-0.39, 0.29) is 17.5 Å². The molecule has 0 aliphatic carbocycles. The molecule has 1 aliphatic heterocycles. The Kier molecular flexibility index (Phi) is 7.03. The number of ether oxygens (including phenoxy) is 1. The van der Waals surface area contributed by atoms with E-state index >= 15 is 0 Å². The Bertz CT molecular complexity index is 1080. The number of hydrogen-bond acceptors (Lipinski definition) is 7. The minimum atomic E-state index is -3.46. The SMILES string of the molecule is CCS(=O)(=O)Nc1ccc(NC(=O)N2CCN(c3ccc([N+](=O)[O-])cc3)CC2)cc1OC. The highest BCUT2D eigenvalue weighted by molar-refractivity contribution is 7.92. The molecule has 1 saturated heterocycles. The van der Waals surface area contributed by atoms with Gasteiger partial charge in [0.2, 0.25) is 10.0 Å². The van der Waals surface area contributed by atoms with Crippen molar-refractivity contribution in [3.05, 3.63) is 52.6 Å². The molecule has 12 heteroatoms. The lowest BCUT2D eigenvalue weighted by atomic mass is 10.2. The number of benzene rings is 2. The first-order valence-electron chi connectivity index (χ1n) is 9.96. The second-order valence-electron chi connectivity index (χ2n) is 7.10. The Balaban J connectivity index is 1.59. The molecule has 172 valence electrons. The summed E-state index contributed by atoms with van der Waals surface area (Å²) in [6, 6.07) is 10.7. The topological polar surface area (TPSA) is 134 Å². The summed E-state index contributed by atoms with van der Waals surface area (Å²) in [6.07, 6.45) is 0. The average molecular weight is 464 g/mol. The maximum absolute atomic E-state index is 12.7. The highest BCUT2D eigenvalue weighted by Gasteiger charge is 2.22. The number of hydrogen-bond donors (Lipinski definition) is 2. The molecule has 1 aliphatic rings. The normalized spacial score (nSPS) is 14.1. The largest absolute Gasteiger partial charge is 0.494 e. The van der Waals surface area contributed by atoms with E-state index in [0.717, 1.165) is 5.69 Å². The van der Waals surface area contributed by atoms with Crippen molar-refractivity contribution < 1.29 is 22.9 Å². The summed E-state index contributed by atoms with van der Waals surface area (Å²) < 4.78 is 31.3. The van der Waals surface area contributed by atoms with Crippen molar-refractivity contribution >= 4 is 38.8 Å². The summed E-state index contributed by atoms with van der Waals surface area (Å²) in [4.78, 5) is 26.7. The number of anilines is 3. The van der Waals surface area contributed by atoms with Gasteiger partial charge in [-0.1, -0.05) is 0 Å². The molecular weight excluding hydrogens is 438 g/mol. The second kappa shape index (κ2) is 9.73. The third-order valence-electron chi connectivity index (χ3n) is 5.09. The summed E-state index contributed by atoms with van der Waals surface area (Å²) in [6.45, 7) is 3.67. The Morgan fingerprint density at radius 3 is 2.34 bits per heavy atom. The molecule has 0 aromatic heterocycles. The fourth-order valence-corrected chi connectivity index (χ4v) is 3.90. The predicted molar refractivity (Wildman–Crippen MR) is 122 cm³/mol. The van der Waals surface area contributed by atoms with Crippen LogP contribution in [0.25, 0.3) is 0 Å². The molecule has 2 aromatic rings. The van der Waals surface area contributed by atoms with Crippen LogP contribution in [0.5, 0.6) is 5.75 Å². The lowest BCUT2D eigenvalue weighted by Crippen LogP contribution is -2.50. The van der Waals surface area contributed by atoms with E-state index in [4.69, 9.17) is 4.74 Å². The lowest BCUT2D eigenvalue weighted by Gasteiger charge is -2.36. The van der Waals surface area contributed by atoms with Crippen LogP contribution < -0.4 is 19.7 Å². The Morgan fingerprint density at radius 2 is 1.78 bits per heavy atom. The summed E-state index contributed by atoms with van der Waals surface area (Å²) in [5.74, 6) is 0.225. The average Bonchev–Trinajstić information content (AvgIpc) is 2.80. The molecule has 1 fully saturated rings. The number of nitro groups is 1. The fourth-order valence-electron chi connectivity index (χ4n) is 3.25. The van der Waals surface area contributed by atoms with Gasteiger partial charge in [-0.15, -0.1) is 0 Å². The van der Waals surface area contributed by atoms with Gasteiger partial charge in [0.05, 0.1) is 23.5 Å². The molecule has 0 unspecified atom stereocenters. The molecule has 0 saturated carbocycles. The zero-order valence-corrected chi connectivity index (χ0v) is 18.6. The number of methoxy groups -OCH3 is 1. The summed E-state index contributed by atoms with van der Waals surface area (Å²) in [5, 5.41) is 13.6. The van der Waals surface area contributed by atoms with E-state index in [0.29, 0.717) is 43.3 Å². The number of sulfonamides is 1. The zero-order valence-electron chi connectivity index (χ0n) is 17.8. The second-order valence-corrected chi connectivity index (χ2v) is 9.11. The first-order valence-corrected chi connectivity index (χ1v) is 11.6. The van der Waals surface area contributed by atoms with Crippen LogP contribution >= 0.6 is 0 Å². The van der Waals surface area contributed by atoms with Crippen LogP contribution in [0.3, 0.4) is 0 Å². The number of non-ortho nitro benzene ring substituents is 1. The monoisotopic (exact) mass is 463 g/mol. The Morgan fingerprint density at radius 1 is 1.12 bits per heavy atom. The van der Waals surface area contributed by atoms with E-state index in [2.05, 4.69) is 14.9 Å². The molecule has 2 amide bonds. The summed E-state index contributed by atoms with van der Waals surface area (Å²) in [7, 11) is -2.04. The summed E-state index contributed by atoms with van der Waals surface area (Å²) >= 11 is 0. The maximum Gasteiger partial charge on any atom is 0.321 e. The van der Waals surface area contributed by atoms with Crippen molar-refractivity contribution in [3.63, 3.8) is 0 Å². The van der Waals surface area contributed by atoms with Crippen molar-refractivity contribution in [1.29, 1.82) is 0 Å². The standard InChI is InChI=1S/C20H25N5O6S/c1-3-32(29,30)22-18-9-4-15(14-19(18)31-2)21-20(26)24-12-10-23(11-13-24)16-5-7-17(8-6-16)25(27)28/h4-9,14,22H,3,10-13H2,1-2H3,(H,21,26). The van der Waals surface area contributed by atoms with Gasteiger partial charge >= 0.3 is 6.03 Å². The Hall–Kier alpha value is -3.54. The van der Waals surface area contributed by atoms with Crippen LogP contribution in [-0.2, 0) is 10.0 Å². The molecular formula is C20H25N5O6S. The molecule has 32 heavy (non-hydrogen) atoms. The predicted octanol–water partition coefficient (Wildman–Crippen LogP) is 2.72. The number of nitrogens with one attached hydrogen (secondary N) is 2. The number of carbonyl (C=O) groups excluding carboxylic acids is 1. The zero-order chi connectivity index (χ0) is 23.3. The van der Waals surface area contributed by atoms with E-state index in [9.17, 15) is 23.3 Å². The number of nitrogens with zero attached hydrogens (tertiary/aromatic N) is 3. The molecule has 0 spiro atoms. The van der Waals surface area contributed by atoms with Crippen molar-refractivity contribution in [1.82, 2.24) is 4.90 Å². The number of carbonyl (C=O) groups is 1. The maximum atomic E-state index is 12.7. The summed E-state index contributed by atoms with van der Waals surface area (Å²) in [5.41, 5.74) is 1.68. The van der Waals surface area contributed by atoms with E-state index in [1.165, 1.54) is 32.2 Å². The van der Waals surface area contributed by atoms with Gasteiger partial charge in [-0.05, 0) is 31.2 Å². The number of piperazine rings is 1. The molecule has 11 nitrogen and oxygen atoms in total. The van der Waals surface area contributed by atoms with Gasteiger partial charge in [0, 0.05) is 55.8 Å². The van der Waals surface area contributed by atoms with Crippen molar-refractivity contribution in [2.45, 2.75) is 6.92 Å². The van der Waals surface area contributed by atoms with Crippen LogP contribution in [0.1, 0.15) is 6.92 Å². The molecule has 3 rings (SSSR count). The van der Waals surface area contributed by atoms with E-state index in [1.807, 2.05) is 0 Å². The Labute approximate surface area is 186 Å². The first kappa shape index (κ1) is 23.1. The first-order chi connectivity index (χ1) is 15.2. The van der Waals surface area contributed by atoms with Gasteiger partial charge in [-0.3, -0.25) is 14.8 Å². The third-order valence-corrected chi connectivity index (χ3v) is 6.38. The number of rotatable bonds is 7. The highest BCUT2D eigenvalue weighted by atomic mass is 32.2. The van der Waals surface area contributed by atoms with E-state index in [1.54, 1.807) is 29.2 Å². The van der Waals surface area contributed by atoms with Gasteiger partial charge in [-0.25, -0.2) is 13.2 Å². The van der Waals surface area contributed by atoms with Crippen molar-refractivity contribution in [2.24, 2.45) is 0 Å². The van der Waals surface area contributed by atoms with Gasteiger partial charge in [-0.2, -0.15) is 0 Å². The highest BCUT2D eigenvalue weighted by Crippen LogP contribution is 2.29. The van der Waals surface area contributed by atoms with Gasteiger partial charge in [0.1, 0.15) is 5.75 Å². The molecule has 1 heterocycles. The lowest BCUT2D eigenvalue weighted by molar-refractivity contribution is -0.384. The third kappa shape index (κ3) is 5.58. The van der Waals surface area contributed by atoms with Crippen molar-refractivity contribution in [2.75, 3.05) is 54.0 Å². The molecule has 2 aromatic carbocycles. The van der Waals surface area contributed by atoms with Crippen LogP contribution in [0.2, 0.25) is 0 Å². The molecule has 0 bridgehead atoms. The molecule has 2 N–H and O–H groups in total. The number of urea groups is 1. The van der Waals surface area contributed by atoms with Crippen LogP contribution in [0.4, 0.5) is 27.5 Å². The fraction of sp³-hybridized carbons (Fsp3) is 0.350. The molecule has 0 atom stereocenters. The van der Waals surface area contributed by atoms with Crippen LogP contribution in [0.15, 0.2) is 42.5 Å². The van der Waals surface area contributed by atoms with Gasteiger partial charge < -0.3 is 19.9 Å². The number of nitro benzene ring substituents is 1. The minimum Gasteiger partial charge on any atom is -0.494 e. The van der Waals surface area contributed by atoms with Crippen LogP contribution in [-0.4, -0.2) is 63.3 Å². The molecule has 0 radical (unpaired) electrons. The van der Waals surface area contributed by atoms with Gasteiger partial charge in [0.15, 0.2) is 0 Å². The number of amides is 2. The van der Waals surface area contributed by atoms with Crippen LogP contribution in [0, 0.1) is 10.1 Å². The minimum absolute atomic E-state index is 0.0377. The van der Waals surface area contributed by atoms with E-state index < -0.39 is 14.9 Å². The van der Waals surface area contributed by atoms with Crippen molar-refractivity contribution in [3.8, 4) is 5.75 Å². The quantitative estimate of drug-likeness (QED) is 0.476. The van der Waals surface area contributed by atoms with Gasteiger partial charge in [0.25, 0.3) is 5.69 Å². The smallest absolute Gasteiger partial charge is 0.321 e.